The molecule has 0 aliphatic carbocycles. The molecular formula is C24H28N6O2. The number of Topliss-reactive ketones (excluding diaryl/α,β-unsaturated/α-hetero) is 1. The first-order valence-electron chi connectivity index (χ1n) is 10.9. The number of nitrogen functional groups attached to an aromatic ring is 1. The van der Waals surface area contributed by atoms with Crippen LogP contribution in [0.3, 0.4) is 0 Å². The van der Waals surface area contributed by atoms with Crippen molar-refractivity contribution in [2.75, 3.05) is 30.3 Å². The van der Waals surface area contributed by atoms with E-state index in [0.717, 1.165) is 37.2 Å². The van der Waals surface area contributed by atoms with Crippen LogP contribution in [-0.4, -0.2) is 46.5 Å². The first kappa shape index (κ1) is 21.7. The van der Waals surface area contributed by atoms with Crippen LogP contribution in [0.1, 0.15) is 35.8 Å². The molecule has 4 heterocycles. The van der Waals surface area contributed by atoms with E-state index in [9.17, 15) is 4.79 Å². The van der Waals surface area contributed by atoms with Crippen molar-refractivity contribution in [1.29, 1.82) is 0 Å². The highest BCUT2D eigenvalue weighted by molar-refractivity contribution is 6.01. The highest BCUT2D eigenvalue weighted by Crippen LogP contribution is 2.26. The van der Waals surface area contributed by atoms with Crippen LogP contribution in [0, 0.1) is 0 Å². The van der Waals surface area contributed by atoms with Crippen molar-refractivity contribution in [2.24, 2.45) is 5.73 Å². The number of ether oxygens (including phenoxy) is 1. The van der Waals surface area contributed by atoms with Gasteiger partial charge < -0.3 is 21.1 Å². The van der Waals surface area contributed by atoms with E-state index < -0.39 is 0 Å². The van der Waals surface area contributed by atoms with E-state index in [4.69, 9.17) is 16.2 Å². The zero-order valence-electron chi connectivity index (χ0n) is 18.2. The lowest BCUT2D eigenvalue weighted by atomic mass is 10.0. The summed E-state index contributed by atoms with van der Waals surface area (Å²) in [5, 5.41) is 0. The number of carbonyl (C=O) groups excluding carboxylic acids is 1. The van der Waals surface area contributed by atoms with Crippen molar-refractivity contribution in [3.63, 3.8) is 0 Å². The van der Waals surface area contributed by atoms with Crippen LogP contribution < -0.4 is 21.1 Å². The van der Waals surface area contributed by atoms with E-state index in [0.29, 0.717) is 29.6 Å². The average molecular weight is 433 g/mol. The minimum absolute atomic E-state index is 0.134. The fraction of sp³-hybridized carbons (Fsp3) is 0.333. The van der Waals surface area contributed by atoms with Gasteiger partial charge in [-0.2, -0.15) is 0 Å². The summed E-state index contributed by atoms with van der Waals surface area (Å²) in [6.07, 6.45) is 5.68. The van der Waals surface area contributed by atoms with Crippen molar-refractivity contribution >= 4 is 17.2 Å². The maximum absolute atomic E-state index is 13.2. The number of aromatic nitrogens is 3. The minimum atomic E-state index is -0.166. The Balaban J connectivity index is 1.60. The molecule has 8 heteroatoms. The largest absolute Gasteiger partial charge is 0.478 e. The van der Waals surface area contributed by atoms with Crippen LogP contribution >= 0.6 is 0 Å². The minimum Gasteiger partial charge on any atom is -0.478 e. The van der Waals surface area contributed by atoms with Crippen LogP contribution in [-0.2, 0) is 6.42 Å². The number of hydrogen-bond acceptors (Lipinski definition) is 8. The van der Waals surface area contributed by atoms with Gasteiger partial charge in [-0.3, -0.25) is 9.78 Å². The van der Waals surface area contributed by atoms with Gasteiger partial charge in [0.2, 0.25) is 5.88 Å². The number of ketones is 1. The number of hydrogen-bond donors (Lipinski definition) is 2. The summed E-state index contributed by atoms with van der Waals surface area (Å²) in [4.78, 5) is 28.7. The van der Waals surface area contributed by atoms with Gasteiger partial charge in [0.05, 0.1) is 23.7 Å². The van der Waals surface area contributed by atoms with Crippen molar-refractivity contribution in [2.45, 2.75) is 32.2 Å². The zero-order valence-corrected chi connectivity index (χ0v) is 18.2. The second kappa shape index (κ2) is 9.74. The van der Waals surface area contributed by atoms with Crippen molar-refractivity contribution in [3.05, 3.63) is 60.0 Å². The summed E-state index contributed by atoms with van der Waals surface area (Å²) in [5.74, 6) is 0.345. The lowest BCUT2D eigenvalue weighted by Crippen LogP contribution is -2.43. The van der Waals surface area contributed by atoms with E-state index in [2.05, 4.69) is 19.9 Å². The normalized spacial score (nSPS) is 16.1. The fourth-order valence-electron chi connectivity index (χ4n) is 3.97. The number of nitrogens with zero attached hydrogens (tertiary/aromatic N) is 4. The lowest BCUT2D eigenvalue weighted by Gasteiger charge is -2.33. The molecule has 0 aromatic carbocycles. The maximum atomic E-state index is 13.2. The van der Waals surface area contributed by atoms with Crippen LogP contribution in [0.15, 0.2) is 48.8 Å². The molecule has 0 amide bonds. The van der Waals surface area contributed by atoms with Gasteiger partial charge in [-0.15, -0.1) is 0 Å². The molecule has 3 aromatic heterocycles. The Morgan fingerprint density at radius 3 is 2.84 bits per heavy atom. The van der Waals surface area contributed by atoms with Crippen LogP contribution in [0.5, 0.6) is 5.88 Å². The van der Waals surface area contributed by atoms with Crippen molar-refractivity contribution < 1.29 is 9.53 Å². The van der Waals surface area contributed by atoms with Gasteiger partial charge in [0, 0.05) is 55.3 Å². The molecule has 32 heavy (non-hydrogen) atoms. The van der Waals surface area contributed by atoms with Crippen molar-refractivity contribution in [3.8, 4) is 17.3 Å². The summed E-state index contributed by atoms with van der Waals surface area (Å²) < 4.78 is 5.48. The fourth-order valence-corrected chi connectivity index (χ4v) is 3.97. The molecule has 1 aliphatic heterocycles. The van der Waals surface area contributed by atoms with Gasteiger partial charge in [0.1, 0.15) is 5.69 Å². The van der Waals surface area contributed by atoms with E-state index in [-0.39, 0.29) is 23.9 Å². The molecule has 0 spiro atoms. The number of pyridine rings is 3. The van der Waals surface area contributed by atoms with Gasteiger partial charge in [-0.1, -0.05) is 6.07 Å². The van der Waals surface area contributed by atoms with E-state index >= 15 is 0 Å². The standard InChI is InChI=1S/C24H28N6O2/c1-2-32-23-7-3-6-19(28-23)20-9-8-18(26)24(29-20)22(31)13-16-14-27-11-10-21(16)30-12-4-5-17(25)15-30/h3,6-11,14,17H,2,4-5,12-13,15,25-26H2,1H3/t17-/m0/s1. The highest BCUT2D eigenvalue weighted by atomic mass is 16.5. The summed E-state index contributed by atoms with van der Waals surface area (Å²) in [5.41, 5.74) is 15.9. The van der Waals surface area contributed by atoms with E-state index in [1.807, 2.05) is 25.1 Å². The summed E-state index contributed by atoms with van der Waals surface area (Å²) in [6, 6.07) is 11.0. The second-order valence-electron chi connectivity index (χ2n) is 7.88. The van der Waals surface area contributed by atoms with E-state index in [1.54, 1.807) is 30.6 Å². The van der Waals surface area contributed by atoms with Gasteiger partial charge in [-0.05, 0) is 44.0 Å². The molecule has 4 N–H and O–H groups in total. The number of rotatable bonds is 7. The first-order valence-corrected chi connectivity index (χ1v) is 10.9. The molecule has 1 saturated heterocycles. The molecule has 1 atom stereocenters. The van der Waals surface area contributed by atoms with Gasteiger partial charge in [-0.25, -0.2) is 9.97 Å². The average Bonchev–Trinajstić information content (AvgIpc) is 2.80. The van der Waals surface area contributed by atoms with Crippen LogP contribution in [0.4, 0.5) is 11.4 Å². The molecule has 3 aromatic rings. The Morgan fingerprint density at radius 1 is 1.19 bits per heavy atom. The molecule has 8 nitrogen and oxygen atoms in total. The van der Waals surface area contributed by atoms with Gasteiger partial charge in [0.25, 0.3) is 0 Å². The van der Waals surface area contributed by atoms with Crippen LogP contribution in [0.25, 0.3) is 11.4 Å². The molecule has 1 fully saturated rings. The third-order valence-corrected chi connectivity index (χ3v) is 5.50. The third kappa shape index (κ3) is 4.86. The topological polar surface area (TPSA) is 120 Å². The quantitative estimate of drug-likeness (QED) is 0.547. The Morgan fingerprint density at radius 2 is 2.03 bits per heavy atom. The molecule has 0 bridgehead atoms. The predicted octanol–water partition coefficient (Wildman–Crippen LogP) is 2.87. The smallest absolute Gasteiger partial charge is 0.213 e. The monoisotopic (exact) mass is 432 g/mol. The van der Waals surface area contributed by atoms with Gasteiger partial charge >= 0.3 is 0 Å². The Kier molecular flexibility index (Phi) is 6.61. The number of nitrogens with two attached hydrogens (primary N) is 2. The molecule has 166 valence electrons. The Bertz CT molecular complexity index is 1100. The van der Waals surface area contributed by atoms with Gasteiger partial charge in [0.15, 0.2) is 5.78 Å². The number of anilines is 2. The SMILES string of the molecule is CCOc1cccc(-c2ccc(N)c(C(=O)Cc3cnccc3N3CCC[C@H](N)C3)n2)n1. The number of carbonyl (C=O) groups is 1. The Labute approximate surface area is 187 Å². The third-order valence-electron chi connectivity index (χ3n) is 5.50. The van der Waals surface area contributed by atoms with Crippen LogP contribution in [0.2, 0.25) is 0 Å². The molecule has 1 aliphatic rings. The molecule has 4 rings (SSSR count). The van der Waals surface area contributed by atoms with Crippen molar-refractivity contribution in [1.82, 2.24) is 15.0 Å². The second-order valence-corrected chi connectivity index (χ2v) is 7.88. The number of piperidine rings is 1. The molecule has 0 unspecified atom stereocenters. The molecular weight excluding hydrogens is 404 g/mol. The van der Waals surface area contributed by atoms with E-state index in [1.165, 1.54) is 0 Å². The highest BCUT2D eigenvalue weighted by Gasteiger charge is 2.22. The zero-order chi connectivity index (χ0) is 22.5. The molecule has 0 saturated carbocycles. The maximum Gasteiger partial charge on any atom is 0.213 e. The lowest BCUT2D eigenvalue weighted by molar-refractivity contribution is 0.0989. The predicted molar refractivity (Wildman–Crippen MR) is 125 cm³/mol. The molecule has 0 radical (unpaired) electrons. The summed E-state index contributed by atoms with van der Waals surface area (Å²) >= 11 is 0. The summed E-state index contributed by atoms with van der Waals surface area (Å²) in [7, 11) is 0. The summed E-state index contributed by atoms with van der Waals surface area (Å²) in [6.45, 7) is 4.10. The Hall–Kier alpha value is -3.52. The first-order chi connectivity index (χ1) is 15.5.